The molecule has 420 valence electrons. The van der Waals surface area contributed by atoms with E-state index in [1.165, 1.54) is 148 Å². The summed E-state index contributed by atoms with van der Waals surface area (Å²) in [6, 6.07) is -0.892. The molecule has 0 aliphatic carbocycles. The second-order valence-electron chi connectivity index (χ2n) is 21.5. The Morgan fingerprint density at radius 3 is 1.35 bits per heavy atom. The fourth-order valence-corrected chi connectivity index (χ4v) is 9.25. The Hall–Kier alpha value is -2.29. The van der Waals surface area contributed by atoms with Crippen molar-refractivity contribution in [3.05, 3.63) is 60.8 Å². The first-order chi connectivity index (χ1) is 34.9. The summed E-state index contributed by atoms with van der Waals surface area (Å²) in [6.07, 6.45) is 64.7. The van der Waals surface area contributed by atoms with Gasteiger partial charge in [0, 0.05) is 12.8 Å². The maximum Gasteiger partial charge on any atom is 0.306 e. The van der Waals surface area contributed by atoms with Crippen LogP contribution < -0.4 is 10.2 Å². The SMILES string of the molecule is CC/C=C/C/C=C/CCCCCCCCCC(=O)OC(/C=C\CCCCCCCCCCC)C(COP(=O)([O-])OCC[N+](C)(C)C)NC(=O)CCCCCCCCCCCCC/C=C\C/C=C\CCCCC. The molecule has 10 heteroatoms. The Morgan fingerprint density at radius 1 is 0.500 bits per heavy atom. The number of phosphoric acid groups is 1. The Kier molecular flexibility index (Phi) is 50.5. The minimum absolute atomic E-state index is 0.0250. The van der Waals surface area contributed by atoms with Gasteiger partial charge in [-0.2, -0.15) is 0 Å². The normalized spacial score (nSPS) is 14.2. The summed E-state index contributed by atoms with van der Waals surface area (Å²) in [5.41, 5.74) is 0. The molecule has 0 radical (unpaired) electrons. The van der Waals surface area contributed by atoms with E-state index >= 15 is 0 Å². The third-order valence-electron chi connectivity index (χ3n) is 13.2. The van der Waals surface area contributed by atoms with Gasteiger partial charge < -0.3 is 28.5 Å². The van der Waals surface area contributed by atoms with Crippen LogP contribution in [0.5, 0.6) is 0 Å². The number of nitrogens with one attached hydrogen (secondary N) is 1. The van der Waals surface area contributed by atoms with E-state index in [-0.39, 0.29) is 24.9 Å². The molecule has 0 aliphatic heterocycles. The molecule has 0 aromatic heterocycles. The minimum Gasteiger partial charge on any atom is -0.756 e. The number of hydrogen-bond donors (Lipinski definition) is 1. The molecular weight excluding hydrogens is 916 g/mol. The van der Waals surface area contributed by atoms with E-state index in [1.54, 1.807) is 0 Å². The number of rotatable bonds is 54. The van der Waals surface area contributed by atoms with Crippen LogP contribution in [-0.2, 0) is 27.9 Å². The van der Waals surface area contributed by atoms with Gasteiger partial charge >= 0.3 is 5.97 Å². The Morgan fingerprint density at radius 2 is 0.889 bits per heavy atom. The van der Waals surface area contributed by atoms with Gasteiger partial charge in [-0.3, -0.25) is 14.2 Å². The van der Waals surface area contributed by atoms with E-state index < -0.39 is 26.6 Å². The number of likely N-dealkylation sites (N-methyl/N-ethyl adjacent to an activating group) is 1. The molecule has 3 unspecified atom stereocenters. The molecular formula is C62H115N2O7P. The number of phosphoric ester groups is 1. The number of carbonyl (C=O) groups excluding carboxylic acids is 2. The van der Waals surface area contributed by atoms with Gasteiger partial charge in [0.25, 0.3) is 7.82 Å². The number of nitrogens with zero attached hydrogens (tertiary/aromatic N) is 1. The first-order valence-corrected chi connectivity index (χ1v) is 31.6. The van der Waals surface area contributed by atoms with Crippen LogP contribution in [-0.4, -0.2) is 69.4 Å². The van der Waals surface area contributed by atoms with Crippen molar-refractivity contribution >= 4 is 19.7 Å². The van der Waals surface area contributed by atoms with E-state index in [4.69, 9.17) is 13.8 Å². The largest absolute Gasteiger partial charge is 0.756 e. The molecule has 0 rings (SSSR count). The van der Waals surface area contributed by atoms with Crippen molar-refractivity contribution in [2.45, 2.75) is 283 Å². The molecule has 0 aliphatic rings. The number of ether oxygens (including phenoxy) is 1. The highest BCUT2D eigenvalue weighted by Gasteiger charge is 2.27. The quantitative estimate of drug-likeness (QED) is 0.0212. The van der Waals surface area contributed by atoms with Gasteiger partial charge in [-0.05, 0) is 89.5 Å². The van der Waals surface area contributed by atoms with Gasteiger partial charge in [0.05, 0.1) is 33.8 Å². The van der Waals surface area contributed by atoms with Gasteiger partial charge in [-0.15, -0.1) is 0 Å². The zero-order valence-corrected chi connectivity index (χ0v) is 48.8. The molecule has 0 heterocycles. The molecule has 9 nitrogen and oxygen atoms in total. The second-order valence-corrected chi connectivity index (χ2v) is 22.9. The Bertz CT molecular complexity index is 1420. The third-order valence-corrected chi connectivity index (χ3v) is 14.1. The molecule has 0 saturated carbocycles. The fourth-order valence-electron chi connectivity index (χ4n) is 8.53. The zero-order valence-electron chi connectivity index (χ0n) is 47.9. The van der Waals surface area contributed by atoms with Crippen molar-refractivity contribution in [1.29, 1.82) is 0 Å². The lowest BCUT2D eigenvalue weighted by molar-refractivity contribution is -0.870. The molecule has 0 fully saturated rings. The summed E-state index contributed by atoms with van der Waals surface area (Å²) in [4.78, 5) is 39.9. The molecule has 0 spiro atoms. The van der Waals surface area contributed by atoms with Crippen LogP contribution in [0.25, 0.3) is 0 Å². The number of amides is 1. The summed E-state index contributed by atoms with van der Waals surface area (Å²) in [6.45, 7) is 6.71. The number of allylic oxidation sites excluding steroid dienone is 9. The van der Waals surface area contributed by atoms with Crippen LogP contribution in [0.2, 0.25) is 0 Å². The van der Waals surface area contributed by atoms with Crippen LogP contribution in [0.15, 0.2) is 60.8 Å². The number of carbonyl (C=O) groups is 2. The lowest BCUT2D eigenvalue weighted by atomic mass is 10.0. The molecule has 0 bridgehead atoms. The predicted octanol–water partition coefficient (Wildman–Crippen LogP) is 17.6. The Balaban J connectivity index is 5.20. The predicted molar refractivity (Wildman–Crippen MR) is 307 cm³/mol. The van der Waals surface area contributed by atoms with Crippen LogP contribution in [0.4, 0.5) is 0 Å². The number of esters is 1. The van der Waals surface area contributed by atoms with Crippen molar-refractivity contribution in [2.24, 2.45) is 0 Å². The summed E-state index contributed by atoms with van der Waals surface area (Å²) in [5.74, 6) is -0.550. The monoisotopic (exact) mass is 1030 g/mol. The smallest absolute Gasteiger partial charge is 0.306 e. The zero-order chi connectivity index (χ0) is 52.9. The molecule has 1 N–H and O–H groups in total. The second kappa shape index (κ2) is 52.2. The summed E-state index contributed by atoms with van der Waals surface area (Å²) in [5, 5.41) is 3.02. The van der Waals surface area contributed by atoms with E-state index in [0.29, 0.717) is 17.4 Å². The average molecular weight is 1030 g/mol. The van der Waals surface area contributed by atoms with Crippen LogP contribution >= 0.6 is 7.82 Å². The van der Waals surface area contributed by atoms with Crippen molar-refractivity contribution in [3.8, 4) is 0 Å². The van der Waals surface area contributed by atoms with Crippen LogP contribution in [0, 0.1) is 0 Å². The summed E-state index contributed by atoms with van der Waals surface area (Å²) < 4.78 is 30.2. The van der Waals surface area contributed by atoms with E-state index in [0.717, 1.165) is 89.9 Å². The topological polar surface area (TPSA) is 114 Å². The van der Waals surface area contributed by atoms with Gasteiger partial charge in [0.2, 0.25) is 5.91 Å². The maximum atomic E-state index is 13.5. The van der Waals surface area contributed by atoms with Crippen molar-refractivity contribution in [2.75, 3.05) is 40.9 Å². The average Bonchev–Trinajstić information content (AvgIpc) is 3.34. The number of hydrogen-bond acceptors (Lipinski definition) is 7. The lowest BCUT2D eigenvalue weighted by Crippen LogP contribution is -2.47. The summed E-state index contributed by atoms with van der Waals surface area (Å²) in [7, 11) is 1.18. The van der Waals surface area contributed by atoms with Crippen LogP contribution in [0.1, 0.15) is 271 Å². The first kappa shape index (κ1) is 69.7. The highest BCUT2D eigenvalue weighted by Crippen LogP contribution is 2.38. The lowest BCUT2D eigenvalue weighted by Gasteiger charge is -2.30. The highest BCUT2D eigenvalue weighted by molar-refractivity contribution is 7.45. The van der Waals surface area contributed by atoms with Gasteiger partial charge in [0.1, 0.15) is 19.3 Å². The maximum absolute atomic E-state index is 13.5. The van der Waals surface area contributed by atoms with Crippen molar-refractivity contribution < 1.29 is 37.3 Å². The molecule has 0 saturated heterocycles. The molecule has 1 amide bonds. The van der Waals surface area contributed by atoms with Crippen molar-refractivity contribution in [1.82, 2.24) is 5.32 Å². The Labute approximate surface area is 445 Å². The standard InChI is InChI=1S/C62H115N2O7P/c1-7-10-13-16-19-22-25-27-29-30-31-32-33-34-35-36-39-42-45-48-51-54-61(65)63-59(58-70-72(67,68)69-57-56-64(4,5)6)60(53-50-47-44-41-38-24-21-18-15-12-9-3)71-62(66)55-52-49-46-43-40-37-28-26-23-20-17-14-11-8-2/h11,14,19-20,22-23,27,29,50,53,59-60H,7-10,12-13,15-18,21,24-26,28,30-49,51-52,54-58H2,1-6H3,(H-,63,65,67,68)/b14-11+,22-19-,23-20+,29-27-,53-50-. The molecule has 72 heavy (non-hydrogen) atoms. The molecule has 3 atom stereocenters. The third kappa shape index (κ3) is 52.6. The fraction of sp³-hybridized carbons (Fsp3) is 0.806. The summed E-state index contributed by atoms with van der Waals surface area (Å²) >= 11 is 0. The minimum atomic E-state index is -4.70. The molecule has 0 aromatic carbocycles. The first-order valence-electron chi connectivity index (χ1n) is 30.1. The van der Waals surface area contributed by atoms with Gasteiger partial charge in [-0.1, -0.05) is 230 Å². The molecule has 0 aromatic rings. The van der Waals surface area contributed by atoms with Crippen LogP contribution in [0.3, 0.4) is 0 Å². The highest BCUT2D eigenvalue weighted by atomic mass is 31.2. The number of unbranched alkanes of at least 4 members (excludes halogenated alkanes) is 30. The van der Waals surface area contributed by atoms with E-state index in [2.05, 4.69) is 74.7 Å². The van der Waals surface area contributed by atoms with Gasteiger partial charge in [-0.25, -0.2) is 0 Å². The van der Waals surface area contributed by atoms with E-state index in [9.17, 15) is 19.0 Å². The van der Waals surface area contributed by atoms with Crippen molar-refractivity contribution in [3.63, 3.8) is 0 Å². The van der Waals surface area contributed by atoms with Gasteiger partial charge in [0.15, 0.2) is 0 Å². The number of quaternary nitrogens is 1. The van der Waals surface area contributed by atoms with E-state index in [1.807, 2.05) is 33.3 Å².